The summed E-state index contributed by atoms with van der Waals surface area (Å²) in [4.78, 5) is 50.9. The Morgan fingerprint density at radius 3 is 1.17 bits per heavy atom. The Labute approximate surface area is 729 Å². The van der Waals surface area contributed by atoms with E-state index in [2.05, 4.69) is 103 Å². The summed E-state index contributed by atoms with van der Waals surface area (Å²) in [6.07, 6.45) is 26.2. The monoisotopic (exact) mass is 1810 g/mol. The van der Waals surface area contributed by atoms with Crippen LogP contribution in [0.2, 0.25) is 10.3 Å². The van der Waals surface area contributed by atoms with Crippen LogP contribution in [0.25, 0.3) is 22.4 Å². The third kappa shape index (κ3) is 24.4. The summed E-state index contributed by atoms with van der Waals surface area (Å²) >= 11 is 12.1. The van der Waals surface area contributed by atoms with Crippen molar-refractivity contribution in [1.29, 1.82) is 10.5 Å². The summed E-state index contributed by atoms with van der Waals surface area (Å²) in [5.74, 6) is 0.0274. The number of amides is 3. The number of alkyl halides is 3. The SMILES string of the molecule is CC1(C)OB(c2ccc3cc(C#N)cnn23)OC1(C)C.Cn1cc(C2CCC(Nc3cc(-c4ccc5cc(C#N)cnn45)ncc3C(=O)NC[C@@H](F)C(C)(C)O)CC2)cn1.Cn1cc(C2CCC(Nc3cc(Cl)ncc3C(=O)NC[C@@H](F)C(C)(C)O)CC2)cn1.Cn1cc(C2CCC(Nc3cc(Cl)ncc3C(=O)NC[C@@H](F)C(C)(C)O)CC2)cn1.[I-]. The number of nitriles is 2. The van der Waals surface area contributed by atoms with Crippen molar-refractivity contribution >= 4 is 81.7 Å². The van der Waals surface area contributed by atoms with E-state index in [0.717, 1.165) is 93.7 Å². The van der Waals surface area contributed by atoms with E-state index in [-0.39, 0.29) is 83.2 Å². The third-order valence-corrected chi connectivity index (χ3v) is 23.3. The van der Waals surface area contributed by atoms with Crippen LogP contribution in [-0.2, 0) is 30.5 Å². The minimum atomic E-state index is -1.63. The summed E-state index contributed by atoms with van der Waals surface area (Å²) < 4.78 is 63.3. The maximum absolute atomic E-state index is 14.4. The number of halogens is 6. The summed E-state index contributed by atoms with van der Waals surface area (Å²) in [5, 5.41) is 87.5. The molecule has 9 N–H and O–H groups in total. The lowest BCUT2D eigenvalue weighted by Crippen LogP contribution is -3.00. The first-order valence-electron chi connectivity index (χ1n) is 40.3. The number of carbonyl (C=O) groups is 3. The van der Waals surface area contributed by atoms with Crippen molar-refractivity contribution in [3.63, 3.8) is 0 Å². The van der Waals surface area contributed by atoms with E-state index >= 15 is 0 Å². The fraction of sp³-hybridized carbons (Fsp3) is 0.494. The molecule has 3 saturated carbocycles. The van der Waals surface area contributed by atoms with Gasteiger partial charge in [0.1, 0.15) is 41.0 Å². The topological polar surface area (TPSA) is 377 Å². The number of nitrogens with zero attached hydrogens (tertiary/aromatic N) is 15. The van der Waals surface area contributed by atoms with E-state index in [0.29, 0.717) is 74.0 Å². The van der Waals surface area contributed by atoms with Crippen molar-refractivity contribution in [1.82, 2.24) is 79.5 Å². The molecule has 0 unspecified atom stereocenters. The van der Waals surface area contributed by atoms with Crippen molar-refractivity contribution < 1.29 is 76.2 Å². The lowest BCUT2D eigenvalue weighted by Gasteiger charge is -2.32. The van der Waals surface area contributed by atoms with Gasteiger partial charge in [0.25, 0.3) is 17.7 Å². The molecule has 0 bridgehead atoms. The molecule has 10 aromatic heterocycles. The first kappa shape index (κ1) is 93.5. The van der Waals surface area contributed by atoms with Crippen molar-refractivity contribution in [2.45, 2.75) is 229 Å². The Hall–Kier alpha value is -9.79. The quantitative estimate of drug-likeness (QED) is 0.0163. The lowest BCUT2D eigenvalue weighted by molar-refractivity contribution is -0.00209. The summed E-state index contributed by atoms with van der Waals surface area (Å²) in [5.41, 5.74) is 5.77. The van der Waals surface area contributed by atoms with Gasteiger partial charge in [-0.2, -0.15) is 36.0 Å². The minimum absolute atomic E-state index is 0. The Morgan fingerprint density at radius 1 is 0.496 bits per heavy atom. The highest BCUT2D eigenvalue weighted by molar-refractivity contribution is 6.61. The summed E-state index contributed by atoms with van der Waals surface area (Å²) in [6, 6.07) is 20.9. The van der Waals surface area contributed by atoms with Crippen LogP contribution >= 0.6 is 23.2 Å². The predicted molar refractivity (Wildman–Crippen MR) is 453 cm³/mol. The van der Waals surface area contributed by atoms with Gasteiger partial charge in [-0.25, -0.2) is 32.2 Å². The van der Waals surface area contributed by atoms with Gasteiger partial charge in [-0.05, 0) is 235 Å². The van der Waals surface area contributed by atoms with E-state index in [4.69, 9.17) is 37.8 Å². The van der Waals surface area contributed by atoms with E-state index < -0.39 is 60.2 Å². The molecule has 11 heterocycles. The largest absolute Gasteiger partial charge is 1.00 e. The number of nitrogens with one attached hydrogen (secondary N) is 6. The van der Waals surface area contributed by atoms with Crippen molar-refractivity contribution in [2.24, 2.45) is 21.1 Å². The number of hydrogen-bond donors (Lipinski definition) is 9. The molecule has 10 aromatic rings. The third-order valence-electron chi connectivity index (χ3n) is 22.9. The smallest absolute Gasteiger partial charge is 0.514 e. The van der Waals surface area contributed by atoms with Gasteiger partial charge >= 0.3 is 7.12 Å². The standard InChI is InChI=1S/C29H33FN8O2.2C21H29ClFN5O2.C14H16BN3O2.HI/c1-29(2,40)27(30)16-33-28(39)23-15-32-25(26-9-8-22-10-18(12-31)13-35-38(22)26)11-24(23)36-21-6-4-19(5-7-21)20-14-34-37(3)17-20;2*1-21(2,30)18(23)11-25-20(29)16-10-24-19(22)8-17(16)27-15-6-4-13(5-7-15)14-9-26-28(3)12-14;1-13(2)14(3,4)20-15(19-13)12-6-5-11-7-10(8-16)9-17-18(11)12;/h8-11,13-15,17,19,21,27,40H,4-7,16H2,1-3H3,(H,32,36)(H,33,39);2*8-10,12-13,15,18,30H,4-7,11H2,1-3H3,(H,24,27)(H,25,29);5-7,9H,1-4H3;1H/p-1/t19?,21?,27-;2*13?,15?,18-;;/m111../s1. The second-order valence-electron chi connectivity index (χ2n) is 34.1. The highest BCUT2D eigenvalue weighted by Crippen LogP contribution is 2.40. The van der Waals surface area contributed by atoms with Gasteiger partial charge in [0.15, 0.2) is 0 Å². The summed E-state index contributed by atoms with van der Waals surface area (Å²) in [6.45, 7) is 15.3. The van der Waals surface area contributed by atoms with Crippen LogP contribution in [0.15, 0.2) is 123 Å². The van der Waals surface area contributed by atoms with Crippen molar-refractivity contribution in [2.75, 3.05) is 35.6 Å². The number of fused-ring (bicyclic) bond motifs is 2. The highest BCUT2D eigenvalue weighted by atomic mass is 127. The van der Waals surface area contributed by atoms with Gasteiger partial charge in [-0.15, -0.1) is 0 Å². The zero-order valence-corrected chi connectivity index (χ0v) is 74.0. The molecule has 1 saturated heterocycles. The second kappa shape index (κ2) is 40.0. The second-order valence-corrected chi connectivity index (χ2v) is 34.9. The van der Waals surface area contributed by atoms with E-state index in [1.54, 1.807) is 39.5 Å². The molecule has 3 amide bonds. The Morgan fingerprint density at radius 2 is 0.826 bits per heavy atom. The molecule has 14 rings (SSSR count). The number of aliphatic hydroxyl groups is 3. The highest BCUT2D eigenvalue weighted by Gasteiger charge is 2.53. The molecule has 3 atom stereocenters. The fourth-order valence-corrected chi connectivity index (χ4v) is 15.1. The van der Waals surface area contributed by atoms with Gasteiger partial charge in [-0.1, -0.05) is 23.2 Å². The number of hydrogen-bond acceptors (Lipinski definition) is 21. The minimum Gasteiger partial charge on any atom is -1.00 e. The van der Waals surface area contributed by atoms with Gasteiger partial charge in [0.05, 0.1) is 152 Å². The maximum Gasteiger partial charge on any atom is 0.514 e. The number of aryl methyl sites for hydroxylation is 3. The van der Waals surface area contributed by atoms with Crippen LogP contribution < -0.4 is 61.5 Å². The molecule has 3 aliphatic carbocycles. The van der Waals surface area contributed by atoms with Crippen molar-refractivity contribution in [3.8, 4) is 23.5 Å². The van der Waals surface area contributed by atoms with Gasteiger partial charge < -0.3 is 80.5 Å². The molecule has 0 radical (unpaired) electrons. The molecule has 36 heteroatoms. The van der Waals surface area contributed by atoms with Gasteiger partial charge in [0, 0.05) is 76.4 Å². The Bertz CT molecular complexity index is 5130. The molecule has 1 aliphatic heterocycles. The molecular formula is C85H107BCl2F3IN21O8-. The van der Waals surface area contributed by atoms with Crippen molar-refractivity contribution in [3.05, 3.63) is 178 Å². The van der Waals surface area contributed by atoms with Crippen LogP contribution in [0.3, 0.4) is 0 Å². The summed E-state index contributed by atoms with van der Waals surface area (Å²) in [7, 11) is 5.30. The number of carbonyl (C=O) groups excluding carboxylic acids is 3. The molecule has 4 aliphatic rings. The number of pyridine rings is 3. The number of aromatic nitrogens is 13. The first-order valence-corrected chi connectivity index (χ1v) is 41.1. The molecule has 0 aromatic carbocycles. The molecule has 646 valence electrons. The van der Waals surface area contributed by atoms with E-state index in [9.17, 15) is 48.1 Å². The molecular weight excluding hydrogens is 1710 g/mol. The number of rotatable bonds is 23. The van der Waals surface area contributed by atoms with E-state index in [1.807, 2.05) is 112 Å². The molecule has 29 nitrogen and oxygen atoms in total. The maximum atomic E-state index is 14.4. The van der Waals surface area contributed by atoms with E-state index in [1.165, 1.54) is 83.0 Å². The first-order chi connectivity index (χ1) is 56.7. The Balaban J connectivity index is 0.000000173. The zero-order valence-electron chi connectivity index (χ0n) is 70.3. The molecule has 0 spiro atoms. The van der Waals surface area contributed by atoms with Crippen LogP contribution in [0, 0.1) is 22.7 Å². The Kier molecular flexibility index (Phi) is 30.9. The van der Waals surface area contributed by atoms with Crippen LogP contribution in [0.4, 0.5) is 30.2 Å². The van der Waals surface area contributed by atoms with Gasteiger partial charge in [0.2, 0.25) is 0 Å². The molecule has 4 fully saturated rings. The zero-order chi connectivity index (χ0) is 86.8. The van der Waals surface area contributed by atoms with Crippen LogP contribution in [-0.4, -0.2) is 188 Å². The fourth-order valence-electron chi connectivity index (χ4n) is 14.7. The van der Waals surface area contributed by atoms with Gasteiger partial charge in [-0.3, -0.25) is 33.4 Å². The lowest BCUT2D eigenvalue weighted by atomic mass is 9.83. The molecule has 121 heavy (non-hydrogen) atoms. The number of anilines is 3. The van der Waals surface area contributed by atoms with Crippen LogP contribution in [0.1, 0.15) is 223 Å². The average Bonchev–Trinajstić information content (AvgIpc) is 1.61. The normalized spacial score (nSPS) is 19.6. The van der Waals surface area contributed by atoms with Crippen LogP contribution in [0.5, 0.6) is 0 Å². The average molecular weight is 1820 g/mol. The predicted octanol–water partition coefficient (Wildman–Crippen LogP) is 9.38.